The molecule has 1 heterocycles. The van der Waals surface area contributed by atoms with Crippen LogP contribution in [0.3, 0.4) is 0 Å². The Kier molecular flexibility index (Phi) is 9.83. The molecule has 1 atom stereocenters. The molecule has 4 aromatic rings. The Bertz CT molecular complexity index is 1310. The maximum atomic E-state index is 12.7. The number of unbranched alkanes of at least 4 members (excludes halogenated alkanes) is 1. The van der Waals surface area contributed by atoms with Crippen molar-refractivity contribution < 1.29 is 4.79 Å². The number of aryl methyl sites for hydroxylation is 2. The van der Waals surface area contributed by atoms with E-state index in [0.29, 0.717) is 6.54 Å². The molecule has 1 aromatic heterocycles. The molecule has 0 bridgehead atoms. The minimum absolute atomic E-state index is 0.0806. The van der Waals surface area contributed by atoms with E-state index >= 15 is 0 Å². The van der Waals surface area contributed by atoms with Crippen molar-refractivity contribution in [2.45, 2.75) is 64.6 Å². The molecular weight excluding hydrogens is 486 g/mol. The van der Waals surface area contributed by atoms with Crippen molar-refractivity contribution in [3.05, 3.63) is 95.6 Å². The fourth-order valence-corrected chi connectivity index (χ4v) is 5.80. The molecular formula is C33H39N3OS. The normalized spacial score (nSPS) is 11.9. The van der Waals surface area contributed by atoms with Gasteiger partial charge in [-0.2, -0.15) is 0 Å². The molecule has 1 N–H and O–H groups in total. The first-order valence-electron chi connectivity index (χ1n) is 13.7. The van der Waals surface area contributed by atoms with E-state index in [2.05, 4.69) is 86.1 Å². The lowest BCUT2D eigenvalue weighted by atomic mass is 9.96. The van der Waals surface area contributed by atoms with E-state index in [4.69, 9.17) is 4.98 Å². The number of hydrogen-bond donors (Lipinski definition) is 1. The molecule has 1 amide bonds. The number of amides is 1. The number of benzene rings is 3. The Labute approximate surface area is 231 Å². The summed E-state index contributed by atoms with van der Waals surface area (Å²) in [5.74, 6) is 1.00. The molecule has 0 saturated carbocycles. The van der Waals surface area contributed by atoms with Crippen LogP contribution < -0.4 is 5.32 Å². The van der Waals surface area contributed by atoms with Gasteiger partial charge in [-0.25, -0.2) is 4.98 Å². The predicted molar refractivity (Wildman–Crippen MR) is 161 cm³/mol. The molecule has 3 aromatic carbocycles. The van der Waals surface area contributed by atoms with Gasteiger partial charge in [-0.05, 0) is 45.6 Å². The van der Waals surface area contributed by atoms with E-state index in [1.54, 1.807) is 0 Å². The summed E-state index contributed by atoms with van der Waals surface area (Å²) < 4.78 is 2.35. The van der Waals surface area contributed by atoms with Gasteiger partial charge >= 0.3 is 0 Å². The molecule has 0 radical (unpaired) electrons. The molecule has 38 heavy (non-hydrogen) atoms. The van der Waals surface area contributed by atoms with Crippen molar-refractivity contribution in [3.63, 3.8) is 0 Å². The molecule has 0 saturated heterocycles. The summed E-state index contributed by atoms with van der Waals surface area (Å²) in [6.45, 7) is 10.1. The Hall–Kier alpha value is -3.31. The lowest BCUT2D eigenvalue weighted by Gasteiger charge is -2.15. The van der Waals surface area contributed by atoms with Crippen molar-refractivity contribution in [1.82, 2.24) is 14.9 Å². The van der Waals surface area contributed by atoms with Gasteiger partial charge in [0, 0.05) is 30.0 Å². The van der Waals surface area contributed by atoms with Crippen LogP contribution in [0.5, 0.6) is 0 Å². The maximum absolute atomic E-state index is 12.7. The number of nitrogens with zero attached hydrogens (tertiary/aromatic N) is 2. The fourth-order valence-electron chi connectivity index (χ4n) is 4.74. The Morgan fingerprint density at radius 3 is 2.11 bits per heavy atom. The van der Waals surface area contributed by atoms with Crippen molar-refractivity contribution in [2.75, 3.05) is 12.3 Å². The average Bonchev–Trinajstić information content (AvgIpc) is 3.30. The van der Waals surface area contributed by atoms with Crippen molar-refractivity contribution in [2.24, 2.45) is 0 Å². The summed E-state index contributed by atoms with van der Waals surface area (Å²) in [5, 5.41) is 4.20. The minimum Gasteiger partial charge on any atom is -0.356 e. The average molecular weight is 526 g/mol. The number of imidazole rings is 1. The van der Waals surface area contributed by atoms with Crippen LogP contribution >= 0.6 is 11.8 Å². The van der Waals surface area contributed by atoms with Gasteiger partial charge in [0.25, 0.3) is 0 Å². The topological polar surface area (TPSA) is 46.9 Å². The summed E-state index contributed by atoms with van der Waals surface area (Å²) >= 11 is 1.81. The van der Waals surface area contributed by atoms with Crippen molar-refractivity contribution in [3.8, 4) is 22.5 Å². The van der Waals surface area contributed by atoms with Crippen LogP contribution in [-0.2, 0) is 11.3 Å². The van der Waals surface area contributed by atoms with Crippen LogP contribution in [0, 0.1) is 13.8 Å². The lowest BCUT2D eigenvalue weighted by Crippen LogP contribution is -2.30. The number of carbonyl (C=O) groups excluding carboxylic acids is 1. The van der Waals surface area contributed by atoms with E-state index in [-0.39, 0.29) is 11.8 Å². The highest BCUT2D eigenvalue weighted by atomic mass is 32.2. The highest BCUT2D eigenvalue weighted by Crippen LogP contribution is 2.36. The molecule has 0 aliphatic rings. The maximum Gasteiger partial charge on any atom is 0.227 e. The second-order valence-electron chi connectivity index (χ2n) is 9.79. The lowest BCUT2D eigenvalue weighted by molar-refractivity contribution is -0.122. The van der Waals surface area contributed by atoms with Gasteiger partial charge in [0.15, 0.2) is 5.16 Å². The minimum atomic E-state index is -0.0806. The summed E-state index contributed by atoms with van der Waals surface area (Å²) in [7, 11) is 0. The molecule has 5 heteroatoms. The molecule has 4 nitrogen and oxygen atoms in total. The van der Waals surface area contributed by atoms with Crippen LogP contribution in [0.2, 0.25) is 0 Å². The van der Waals surface area contributed by atoms with Crippen LogP contribution in [0.4, 0.5) is 0 Å². The first kappa shape index (κ1) is 27.7. The fraction of sp³-hybridized carbons (Fsp3) is 0.333. The van der Waals surface area contributed by atoms with Crippen molar-refractivity contribution >= 4 is 17.7 Å². The third kappa shape index (κ3) is 6.76. The molecule has 0 aliphatic carbocycles. The van der Waals surface area contributed by atoms with Gasteiger partial charge in [-0.15, -0.1) is 0 Å². The molecule has 0 aliphatic heterocycles. The molecule has 0 spiro atoms. The van der Waals surface area contributed by atoms with Gasteiger partial charge in [0.05, 0.1) is 17.3 Å². The van der Waals surface area contributed by atoms with Crippen molar-refractivity contribution in [1.29, 1.82) is 0 Å². The quantitative estimate of drug-likeness (QED) is 0.150. The third-order valence-corrected chi connectivity index (χ3v) is 7.99. The SMILES string of the molecule is CCC(C(=O)NCCCCSc1nc(-c2ccc(C)cc2)c(-c2ccc(C)cc2)n1CC)c1ccccc1. The van der Waals surface area contributed by atoms with E-state index in [1.807, 2.05) is 42.1 Å². The Morgan fingerprint density at radius 1 is 0.868 bits per heavy atom. The summed E-state index contributed by atoms with van der Waals surface area (Å²) in [5.41, 5.74) is 8.14. The number of nitrogens with one attached hydrogen (secondary N) is 1. The van der Waals surface area contributed by atoms with Gasteiger partial charge in [0.1, 0.15) is 0 Å². The van der Waals surface area contributed by atoms with Gasteiger partial charge < -0.3 is 9.88 Å². The molecule has 198 valence electrons. The van der Waals surface area contributed by atoms with Gasteiger partial charge in [-0.1, -0.05) is 109 Å². The standard InChI is InChI=1S/C33H39N3OS/c1-5-29(26-12-8-7-9-13-26)32(37)34-22-10-11-23-38-33-35-30(27-18-14-24(3)15-19-27)31(36(33)6-2)28-20-16-25(4)17-21-28/h7-9,12-21,29H,5-6,10-11,22-23H2,1-4H3,(H,34,37). The largest absolute Gasteiger partial charge is 0.356 e. The van der Waals surface area contributed by atoms with Crippen LogP contribution in [0.15, 0.2) is 84.0 Å². The number of thioether (sulfide) groups is 1. The van der Waals surface area contributed by atoms with E-state index in [9.17, 15) is 4.79 Å². The van der Waals surface area contributed by atoms with Gasteiger partial charge in [-0.3, -0.25) is 4.79 Å². The van der Waals surface area contributed by atoms with E-state index < -0.39 is 0 Å². The second-order valence-corrected chi connectivity index (χ2v) is 10.8. The zero-order chi connectivity index (χ0) is 26.9. The molecule has 4 rings (SSSR count). The first-order chi connectivity index (χ1) is 18.5. The number of hydrogen-bond acceptors (Lipinski definition) is 3. The zero-order valence-corrected chi connectivity index (χ0v) is 23.9. The predicted octanol–water partition coefficient (Wildman–Crippen LogP) is 8.04. The first-order valence-corrected chi connectivity index (χ1v) is 14.7. The van der Waals surface area contributed by atoms with Crippen LogP contribution in [0.1, 0.15) is 55.7 Å². The number of rotatable bonds is 12. The summed E-state index contributed by atoms with van der Waals surface area (Å²) in [6.07, 6.45) is 2.77. The summed E-state index contributed by atoms with van der Waals surface area (Å²) in [4.78, 5) is 17.9. The zero-order valence-electron chi connectivity index (χ0n) is 23.0. The Morgan fingerprint density at radius 2 is 1.50 bits per heavy atom. The Balaban J connectivity index is 1.41. The number of carbonyl (C=O) groups is 1. The molecule has 0 fully saturated rings. The van der Waals surface area contributed by atoms with E-state index in [1.165, 1.54) is 22.4 Å². The monoisotopic (exact) mass is 525 g/mol. The smallest absolute Gasteiger partial charge is 0.227 e. The number of aromatic nitrogens is 2. The second kappa shape index (κ2) is 13.5. The van der Waals surface area contributed by atoms with E-state index in [0.717, 1.165) is 53.5 Å². The van der Waals surface area contributed by atoms with Gasteiger partial charge in [0.2, 0.25) is 5.91 Å². The molecule has 1 unspecified atom stereocenters. The highest BCUT2D eigenvalue weighted by Gasteiger charge is 2.20. The van der Waals surface area contributed by atoms with Crippen LogP contribution in [0.25, 0.3) is 22.5 Å². The highest BCUT2D eigenvalue weighted by molar-refractivity contribution is 7.99. The van der Waals surface area contributed by atoms with Crippen LogP contribution in [-0.4, -0.2) is 27.8 Å². The third-order valence-electron chi connectivity index (χ3n) is 6.93. The summed E-state index contributed by atoms with van der Waals surface area (Å²) in [6, 6.07) is 27.5.